The minimum absolute atomic E-state index is 0.404. The second kappa shape index (κ2) is 5.81. The van der Waals surface area contributed by atoms with Gasteiger partial charge in [0.05, 0.1) is 19.6 Å². The van der Waals surface area contributed by atoms with Crippen LogP contribution in [0.4, 0.5) is 0 Å². The van der Waals surface area contributed by atoms with Crippen LogP contribution in [0.2, 0.25) is 0 Å². The molecule has 5 heteroatoms. The smallest absolute Gasteiger partial charge is 0.204 e. The molecule has 0 radical (unpaired) electrons. The number of hydrogen-bond donors (Lipinski definition) is 1. The second-order valence-electron chi connectivity index (χ2n) is 4.64. The Balaban J connectivity index is 2.39. The molecule has 0 aliphatic rings. The molecule has 0 aliphatic heterocycles. The highest BCUT2D eigenvalue weighted by molar-refractivity contribution is 5.86. The monoisotopic (exact) mass is 297 g/mol. The van der Waals surface area contributed by atoms with Crippen LogP contribution in [0.25, 0.3) is 22.3 Å². The Morgan fingerprint density at radius 2 is 1.77 bits per heavy atom. The van der Waals surface area contributed by atoms with Crippen molar-refractivity contribution >= 4 is 11.0 Å². The molecule has 22 heavy (non-hydrogen) atoms. The first-order valence-electron chi connectivity index (χ1n) is 6.71. The third-order valence-corrected chi connectivity index (χ3v) is 3.42. The lowest BCUT2D eigenvalue weighted by Crippen LogP contribution is -2.04. The van der Waals surface area contributed by atoms with Crippen LogP contribution in [0.5, 0.6) is 11.5 Å². The van der Waals surface area contributed by atoms with Gasteiger partial charge in [0, 0.05) is 11.6 Å². The maximum atomic E-state index is 9.31. The molecule has 0 unspecified atom stereocenters. The van der Waals surface area contributed by atoms with Crippen LogP contribution in [-0.4, -0.2) is 19.4 Å². The first kappa shape index (κ1) is 14.0. The van der Waals surface area contributed by atoms with Gasteiger partial charge < -0.3 is 19.1 Å². The lowest BCUT2D eigenvalue weighted by atomic mass is 10.1. The maximum Gasteiger partial charge on any atom is 0.204 e. The average Bonchev–Trinajstić information content (AvgIpc) is 2.60. The van der Waals surface area contributed by atoms with E-state index in [0.29, 0.717) is 33.6 Å². The van der Waals surface area contributed by atoms with Crippen molar-refractivity contribution < 1.29 is 19.1 Å². The second-order valence-corrected chi connectivity index (χ2v) is 4.64. The molecule has 0 amide bonds. The zero-order valence-corrected chi connectivity index (χ0v) is 12.2. The third kappa shape index (κ3) is 2.26. The van der Waals surface area contributed by atoms with Gasteiger partial charge in [0.1, 0.15) is 11.1 Å². The summed E-state index contributed by atoms with van der Waals surface area (Å²) >= 11 is 0. The van der Waals surface area contributed by atoms with Crippen LogP contribution >= 0.6 is 0 Å². The molecule has 1 N–H and O–H groups in total. The summed E-state index contributed by atoms with van der Waals surface area (Å²) in [5.41, 5.74) is 1.34. The van der Waals surface area contributed by atoms with Gasteiger partial charge in [0.25, 0.3) is 0 Å². The number of ether oxygens (including phenoxy) is 2. The minimum Gasteiger partial charge on any atom is -0.493 e. The molecule has 0 fully saturated rings. The first-order chi connectivity index (χ1) is 10.8. The van der Waals surface area contributed by atoms with Gasteiger partial charge in [0.15, 0.2) is 11.3 Å². The van der Waals surface area contributed by atoms with Crippen LogP contribution in [0.3, 0.4) is 0 Å². The lowest BCUT2D eigenvalue weighted by Gasteiger charge is -2.11. The van der Waals surface area contributed by atoms with Crippen molar-refractivity contribution in [1.29, 1.82) is 0 Å². The number of benzene rings is 2. The van der Waals surface area contributed by atoms with E-state index < -0.39 is 0 Å². The van der Waals surface area contributed by atoms with Gasteiger partial charge in [-0.1, -0.05) is 35.5 Å². The van der Waals surface area contributed by atoms with Crippen molar-refractivity contribution in [3.63, 3.8) is 0 Å². The van der Waals surface area contributed by atoms with Crippen LogP contribution in [-0.2, 0) is 0 Å². The summed E-state index contributed by atoms with van der Waals surface area (Å²) < 4.78 is 16.7. The van der Waals surface area contributed by atoms with Crippen molar-refractivity contribution in [3.05, 3.63) is 53.9 Å². The molecule has 5 nitrogen and oxygen atoms in total. The molecule has 0 spiro atoms. The number of methoxy groups -OCH3 is 2. The fourth-order valence-corrected chi connectivity index (χ4v) is 2.37. The zero-order valence-electron chi connectivity index (χ0n) is 12.2. The van der Waals surface area contributed by atoms with Crippen molar-refractivity contribution in [1.82, 2.24) is 0 Å². The maximum absolute atomic E-state index is 9.31. The van der Waals surface area contributed by atoms with E-state index in [2.05, 4.69) is 5.16 Å². The quantitative estimate of drug-likeness (QED) is 0.594. The third-order valence-electron chi connectivity index (χ3n) is 3.42. The molecule has 1 heterocycles. The Hall–Kier alpha value is -2.95. The van der Waals surface area contributed by atoms with Crippen molar-refractivity contribution in [2.24, 2.45) is 5.16 Å². The van der Waals surface area contributed by atoms with Gasteiger partial charge in [-0.25, -0.2) is 0 Å². The normalized spacial score (nSPS) is 11.6. The van der Waals surface area contributed by atoms with Crippen LogP contribution in [0, 0.1) is 0 Å². The summed E-state index contributed by atoms with van der Waals surface area (Å²) in [6, 6.07) is 14.8. The molecule has 0 saturated carbocycles. The van der Waals surface area contributed by atoms with Gasteiger partial charge in [-0.15, -0.1) is 0 Å². The Morgan fingerprint density at radius 3 is 2.41 bits per heavy atom. The summed E-state index contributed by atoms with van der Waals surface area (Å²) in [6.45, 7) is 0. The standard InChI is InChI=1S/C17H15NO4/c1-20-14-9-8-12-13(18-19)10-15(11-6-4-3-5-7-11)22-16(12)17(14)21-2/h3-10,19H,1-2H3/b18-13+. The highest BCUT2D eigenvalue weighted by Crippen LogP contribution is 2.35. The summed E-state index contributed by atoms with van der Waals surface area (Å²) in [5, 5.41) is 13.7. The van der Waals surface area contributed by atoms with E-state index in [9.17, 15) is 5.21 Å². The predicted octanol–water partition coefficient (Wildman–Crippen LogP) is 3.41. The SMILES string of the molecule is COc1ccc2/c(=N/O)cc(-c3ccccc3)oc2c1OC. The molecule has 0 aliphatic carbocycles. The topological polar surface area (TPSA) is 64.2 Å². The van der Waals surface area contributed by atoms with E-state index in [1.807, 2.05) is 30.3 Å². The molecule has 2 aromatic carbocycles. The van der Waals surface area contributed by atoms with Crippen molar-refractivity contribution in [2.45, 2.75) is 0 Å². The molecule has 3 rings (SSSR count). The number of nitrogens with zero attached hydrogens (tertiary/aromatic N) is 1. The average molecular weight is 297 g/mol. The van der Waals surface area contributed by atoms with Gasteiger partial charge in [-0.05, 0) is 12.1 Å². The predicted molar refractivity (Wildman–Crippen MR) is 82.1 cm³/mol. The van der Waals surface area contributed by atoms with Crippen molar-refractivity contribution in [3.8, 4) is 22.8 Å². The highest BCUT2D eigenvalue weighted by atomic mass is 16.5. The van der Waals surface area contributed by atoms with Crippen LogP contribution < -0.4 is 14.8 Å². The molecule has 0 atom stereocenters. The number of fused-ring (bicyclic) bond motifs is 1. The van der Waals surface area contributed by atoms with E-state index in [-0.39, 0.29) is 0 Å². The molecule has 112 valence electrons. The van der Waals surface area contributed by atoms with Gasteiger partial charge in [-0.3, -0.25) is 0 Å². The molecular formula is C17H15NO4. The van der Waals surface area contributed by atoms with Crippen molar-refractivity contribution in [2.75, 3.05) is 14.2 Å². The van der Waals surface area contributed by atoms with Gasteiger partial charge in [-0.2, -0.15) is 0 Å². The largest absolute Gasteiger partial charge is 0.493 e. The Bertz CT molecular complexity index is 869. The van der Waals surface area contributed by atoms with Crippen LogP contribution in [0.1, 0.15) is 0 Å². The van der Waals surface area contributed by atoms with Gasteiger partial charge >= 0.3 is 0 Å². The lowest BCUT2D eigenvalue weighted by molar-refractivity contribution is 0.302. The Kier molecular flexibility index (Phi) is 3.70. The zero-order chi connectivity index (χ0) is 15.5. The highest BCUT2D eigenvalue weighted by Gasteiger charge is 2.14. The minimum atomic E-state index is 0.404. The molecule has 1 aromatic heterocycles. The summed E-state index contributed by atoms with van der Waals surface area (Å²) in [5.74, 6) is 1.59. The fraction of sp³-hybridized carbons (Fsp3) is 0.118. The molecule has 0 bridgehead atoms. The Morgan fingerprint density at radius 1 is 1.00 bits per heavy atom. The van der Waals surface area contributed by atoms with Gasteiger partial charge in [0.2, 0.25) is 5.75 Å². The summed E-state index contributed by atoms with van der Waals surface area (Å²) in [7, 11) is 3.10. The van der Waals surface area contributed by atoms with Crippen LogP contribution in [0.15, 0.2) is 58.1 Å². The van der Waals surface area contributed by atoms with E-state index in [1.165, 1.54) is 7.11 Å². The van der Waals surface area contributed by atoms with E-state index in [4.69, 9.17) is 13.9 Å². The van der Waals surface area contributed by atoms with E-state index >= 15 is 0 Å². The molecular weight excluding hydrogens is 282 g/mol. The van der Waals surface area contributed by atoms with E-state index in [1.54, 1.807) is 25.3 Å². The molecule has 3 aromatic rings. The Labute approximate surface area is 127 Å². The summed E-state index contributed by atoms with van der Waals surface area (Å²) in [4.78, 5) is 0. The number of hydrogen-bond acceptors (Lipinski definition) is 5. The number of rotatable bonds is 3. The first-order valence-corrected chi connectivity index (χ1v) is 6.71. The van der Waals surface area contributed by atoms with E-state index in [0.717, 1.165) is 5.56 Å². The fourth-order valence-electron chi connectivity index (χ4n) is 2.37. The molecule has 0 saturated heterocycles. The summed E-state index contributed by atoms with van der Waals surface area (Å²) in [6.07, 6.45) is 0.